The third kappa shape index (κ3) is 3.43. The van der Waals surface area contributed by atoms with Crippen molar-refractivity contribution in [2.24, 2.45) is 0 Å². The number of rotatable bonds is 4. The molecule has 0 unspecified atom stereocenters. The fraction of sp³-hybridized carbons (Fsp3) is 0.389. The SMILES string of the molecule is Cc1csc(CN2CCC[C@@H](c3n[nH]c(=O)n3-c3ccccc3)C2)n1. The molecule has 130 valence electrons. The van der Waals surface area contributed by atoms with E-state index in [1.54, 1.807) is 15.9 Å². The van der Waals surface area contributed by atoms with Crippen LogP contribution < -0.4 is 5.69 Å². The van der Waals surface area contributed by atoms with E-state index in [0.29, 0.717) is 0 Å². The van der Waals surface area contributed by atoms with E-state index >= 15 is 0 Å². The number of aromatic nitrogens is 4. The van der Waals surface area contributed by atoms with Crippen LogP contribution in [-0.2, 0) is 6.54 Å². The van der Waals surface area contributed by atoms with Crippen molar-refractivity contribution in [3.05, 3.63) is 62.7 Å². The van der Waals surface area contributed by atoms with Gasteiger partial charge in [-0.25, -0.2) is 19.4 Å². The Morgan fingerprint density at radius 3 is 2.92 bits per heavy atom. The number of thiazole rings is 1. The average molecular weight is 355 g/mol. The van der Waals surface area contributed by atoms with Crippen LogP contribution in [0.25, 0.3) is 5.69 Å². The van der Waals surface area contributed by atoms with Crippen molar-refractivity contribution in [2.45, 2.75) is 32.2 Å². The number of aromatic amines is 1. The van der Waals surface area contributed by atoms with E-state index in [9.17, 15) is 4.79 Å². The lowest BCUT2D eigenvalue weighted by molar-refractivity contribution is 0.195. The van der Waals surface area contributed by atoms with Crippen LogP contribution in [-0.4, -0.2) is 37.7 Å². The number of benzene rings is 1. The van der Waals surface area contributed by atoms with Crippen molar-refractivity contribution in [1.82, 2.24) is 24.6 Å². The number of hydrogen-bond donors (Lipinski definition) is 1. The summed E-state index contributed by atoms with van der Waals surface area (Å²) in [6.45, 7) is 4.86. The highest BCUT2D eigenvalue weighted by atomic mass is 32.1. The van der Waals surface area contributed by atoms with Crippen LogP contribution in [0.4, 0.5) is 0 Å². The molecule has 1 fully saturated rings. The van der Waals surface area contributed by atoms with Gasteiger partial charge < -0.3 is 0 Å². The summed E-state index contributed by atoms with van der Waals surface area (Å²) in [5, 5.41) is 10.2. The summed E-state index contributed by atoms with van der Waals surface area (Å²) in [6.07, 6.45) is 2.15. The third-order valence-corrected chi connectivity index (χ3v) is 5.56. The summed E-state index contributed by atoms with van der Waals surface area (Å²) < 4.78 is 1.71. The fourth-order valence-electron chi connectivity index (χ4n) is 3.49. The van der Waals surface area contributed by atoms with Crippen LogP contribution >= 0.6 is 11.3 Å². The molecule has 1 saturated heterocycles. The molecule has 0 radical (unpaired) electrons. The van der Waals surface area contributed by atoms with Crippen LogP contribution in [0.2, 0.25) is 0 Å². The molecule has 1 atom stereocenters. The molecule has 0 bridgehead atoms. The second-order valence-electron chi connectivity index (χ2n) is 6.51. The van der Waals surface area contributed by atoms with E-state index in [2.05, 4.69) is 25.5 Å². The van der Waals surface area contributed by atoms with E-state index in [1.165, 1.54) is 0 Å². The second kappa shape index (κ2) is 6.93. The quantitative estimate of drug-likeness (QED) is 0.781. The van der Waals surface area contributed by atoms with Crippen LogP contribution in [0.5, 0.6) is 0 Å². The van der Waals surface area contributed by atoms with Crippen LogP contribution in [0, 0.1) is 6.92 Å². The van der Waals surface area contributed by atoms with E-state index in [4.69, 9.17) is 0 Å². The Bertz CT molecular complexity index is 898. The molecule has 2 aromatic heterocycles. The first-order chi connectivity index (χ1) is 12.2. The Hall–Kier alpha value is -2.25. The van der Waals surface area contributed by atoms with Crippen LogP contribution in [0.15, 0.2) is 40.5 Å². The Kier molecular flexibility index (Phi) is 4.50. The Morgan fingerprint density at radius 1 is 1.32 bits per heavy atom. The highest BCUT2D eigenvalue weighted by molar-refractivity contribution is 7.09. The van der Waals surface area contributed by atoms with Crippen molar-refractivity contribution in [3.8, 4) is 5.69 Å². The molecule has 0 aliphatic carbocycles. The fourth-order valence-corrected chi connectivity index (χ4v) is 4.30. The smallest absolute Gasteiger partial charge is 0.296 e. The first-order valence-electron chi connectivity index (χ1n) is 8.57. The molecule has 4 rings (SSSR count). The zero-order valence-electron chi connectivity index (χ0n) is 14.2. The van der Waals surface area contributed by atoms with Gasteiger partial charge in [-0.3, -0.25) is 4.90 Å². The largest absolute Gasteiger partial charge is 0.347 e. The molecule has 0 amide bonds. The third-order valence-electron chi connectivity index (χ3n) is 4.61. The van der Waals surface area contributed by atoms with E-state index < -0.39 is 0 Å². The summed E-state index contributed by atoms with van der Waals surface area (Å²) in [5.41, 5.74) is 1.77. The maximum absolute atomic E-state index is 12.3. The van der Waals surface area contributed by atoms with Gasteiger partial charge in [0.1, 0.15) is 10.8 Å². The number of aryl methyl sites for hydroxylation is 1. The number of nitrogens with zero attached hydrogens (tertiary/aromatic N) is 4. The summed E-state index contributed by atoms with van der Waals surface area (Å²) >= 11 is 1.71. The van der Waals surface area contributed by atoms with Gasteiger partial charge in [0.05, 0.1) is 12.2 Å². The van der Waals surface area contributed by atoms with Crippen molar-refractivity contribution < 1.29 is 0 Å². The van der Waals surface area contributed by atoms with Crippen molar-refractivity contribution in [1.29, 1.82) is 0 Å². The molecule has 25 heavy (non-hydrogen) atoms. The zero-order valence-corrected chi connectivity index (χ0v) is 15.0. The number of likely N-dealkylation sites (tertiary alicyclic amines) is 1. The number of hydrogen-bond acceptors (Lipinski definition) is 5. The van der Waals surface area contributed by atoms with Gasteiger partial charge >= 0.3 is 5.69 Å². The summed E-state index contributed by atoms with van der Waals surface area (Å²) in [5.74, 6) is 1.07. The lowest BCUT2D eigenvalue weighted by Crippen LogP contribution is -2.35. The Balaban J connectivity index is 1.57. The highest BCUT2D eigenvalue weighted by Crippen LogP contribution is 2.27. The van der Waals surface area contributed by atoms with Gasteiger partial charge in [0, 0.05) is 23.5 Å². The van der Waals surface area contributed by atoms with Gasteiger partial charge in [-0.05, 0) is 38.4 Å². The number of piperidine rings is 1. The second-order valence-corrected chi connectivity index (χ2v) is 7.46. The molecular weight excluding hydrogens is 334 g/mol. The Morgan fingerprint density at radius 2 is 2.16 bits per heavy atom. The van der Waals surface area contributed by atoms with E-state index in [-0.39, 0.29) is 11.6 Å². The predicted molar refractivity (Wildman–Crippen MR) is 98.3 cm³/mol. The van der Waals surface area contributed by atoms with Crippen molar-refractivity contribution >= 4 is 11.3 Å². The molecule has 3 aromatic rings. The van der Waals surface area contributed by atoms with Gasteiger partial charge in [-0.15, -0.1) is 11.3 Å². The number of para-hydroxylation sites is 1. The molecule has 1 N–H and O–H groups in total. The highest BCUT2D eigenvalue weighted by Gasteiger charge is 2.27. The zero-order chi connectivity index (χ0) is 17.2. The normalized spacial score (nSPS) is 18.5. The first-order valence-corrected chi connectivity index (χ1v) is 9.45. The molecule has 7 heteroatoms. The van der Waals surface area contributed by atoms with Gasteiger partial charge in [0.15, 0.2) is 0 Å². The van der Waals surface area contributed by atoms with Gasteiger partial charge in [0.2, 0.25) is 0 Å². The topological polar surface area (TPSA) is 66.8 Å². The lowest BCUT2D eigenvalue weighted by atomic mass is 9.97. The molecule has 0 saturated carbocycles. The first kappa shape index (κ1) is 16.2. The Labute approximate surface area is 150 Å². The average Bonchev–Trinajstić information content (AvgIpc) is 3.21. The predicted octanol–water partition coefficient (Wildman–Crippen LogP) is 2.71. The summed E-state index contributed by atoms with van der Waals surface area (Å²) in [6, 6.07) is 9.72. The molecule has 0 spiro atoms. The number of nitrogens with one attached hydrogen (secondary N) is 1. The van der Waals surface area contributed by atoms with Crippen molar-refractivity contribution in [3.63, 3.8) is 0 Å². The standard InChI is InChI=1S/C18H21N5OS/c1-13-12-25-16(19-13)11-22-9-5-6-14(10-22)17-20-21-18(24)23(17)15-7-3-2-4-8-15/h2-4,7-8,12,14H,5-6,9-11H2,1H3,(H,21,24)/t14-/m1/s1. The van der Waals surface area contributed by atoms with Crippen molar-refractivity contribution in [2.75, 3.05) is 13.1 Å². The maximum Gasteiger partial charge on any atom is 0.347 e. The molecular formula is C18H21N5OS. The van der Waals surface area contributed by atoms with E-state index in [0.717, 1.165) is 54.7 Å². The minimum atomic E-state index is -0.172. The summed E-state index contributed by atoms with van der Waals surface area (Å²) in [4.78, 5) is 19.3. The minimum Gasteiger partial charge on any atom is -0.296 e. The van der Waals surface area contributed by atoms with Gasteiger partial charge in [-0.1, -0.05) is 18.2 Å². The van der Waals surface area contributed by atoms with Crippen LogP contribution in [0.3, 0.4) is 0 Å². The lowest BCUT2D eigenvalue weighted by Gasteiger charge is -2.31. The minimum absolute atomic E-state index is 0.172. The van der Waals surface area contributed by atoms with E-state index in [1.807, 2.05) is 37.3 Å². The monoisotopic (exact) mass is 355 g/mol. The molecule has 1 aromatic carbocycles. The van der Waals surface area contributed by atoms with Gasteiger partial charge in [0.25, 0.3) is 0 Å². The number of H-pyrrole nitrogens is 1. The van der Waals surface area contributed by atoms with Gasteiger partial charge in [-0.2, -0.15) is 5.10 Å². The molecule has 6 nitrogen and oxygen atoms in total. The molecule has 3 heterocycles. The summed E-state index contributed by atoms with van der Waals surface area (Å²) in [7, 11) is 0. The van der Waals surface area contributed by atoms with Crippen LogP contribution in [0.1, 0.15) is 35.3 Å². The maximum atomic E-state index is 12.3. The molecule has 1 aliphatic rings. The molecule has 1 aliphatic heterocycles.